The summed E-state index contributed by atoms with van der Waals surface area (Å²) in [6, 6.07) is 18.5. The summed E-state index contributed by atoms with van der Waals surface area (Å²) in [7, 11) is 0. The van der Waals surface area contributed by atoms with Crippen molar-refractivity contribution in [2.45, 2.75) is 33.6 Å². The molecule has 6 nitrogen and oxygen atoms in total. The number of hydrogen-bond donors (Lipinski definition) is 0. The average Bonchev–Trinajstić information content (AvgIpc) is 3.09. The van der Waals surface area contributed by atoms with Crippen molar-refractivity contribution in [1.29, 1.82) is 0 Å². The average molecular weight is 446 g/mol. The fourth-order valence-electron chi connectivity index (χ4n) is 4.68. The third kappa shape index (κ3) is 4.85. The van der Waals surface area contributed by atoms with Gasteiger partial charge in [-0.05, 0) is 43.4 Å². The Morgan fingerprint density at radius 1 is 1.06 bits per heavy atom. The largest absolute Gasteiger partial charge is 0.361 e. The van der Waals surface area contributed by atoms with E-state index in [4.69, 9.17) is 4.52 Å². The van der Waals surface area contributed by atoms with Gasteiger partial charge in [-0.2, -0.15) is 0 Å². The molecular weight excluding hydrogens is 414 g/mol. The van der Waals surface area contributed by atoms with Crippen LogP contribution in [0, 0.1) is 19.8 Å². The van der Waals surface area contributed by atoms with Crippen LogP contribution in [-0.4, -0.2) is 52.9 Å². The van der Waals surface area contributed by atoms with E-state index in [0.29, 0.717) is 49.6 Å². The zero-order chi connectivity index (χ0) is 23.4. The van der Waals surface area contributed by atoms with Gasteiger partial charge in [-0.15, -0.1) is 0 Å². The Labute approximate surface area is 195 Å². The van der Waals surface area contributed by atoms with Gasteiger partial charge >= 0.3 is 0 Å². The Hall–Kier alpha value is -3.41. The lowest BCUT2D eigenvalue weighted by Crippen LogP contribution is -2.38. The van der Waals surface area contributed by atoms with Gasteiger partial charge in [0.25, 0.3) is 5.91 Å². The van der Waals surface area contributed by atoms with Crippen LogP contribution in [0.3, 0.4) is 0 Å². The number of carbonyl (C=O) groups excluding carboxylic acids is 2. The molecule has 1 aromatic heterocycles. The van der Waals surface area contributed by atoms with Gasteiger partial charge in [0.1, 0.15) is 11.3 Å². The standard InChI is InChI=1S/C27H31N3O3/c1-4-14-29-15-16-30(27(32)25-19(2)28-33-20(25)3)18-23(26(29)31)17-22-12-8-9-13-24(22)21-10-6-5-7-11-21/h5-13,23H,4,14-18H2,1-3H3/t23-/m1/s1. The highest BCUT2D eigenvalue weighted by Gasteiger charge is 2.34. The van der Waals surface area contributed by atoms with Gasteiger partial charge in [-0.25, -0.2) is 0 Å². The quantitative estimate of drug-likeness (QED) is 0.560. The number of benzene rings is 2. The van der Waals surface area contributed by atoms with Gasteiger partial charge in [0.2, 0.25) is 5.91 Å². The fraction of sp³-hybridized carbons (Fsp3) is 0.370. The van der Waals surface area contributed by atoms with E-state index in [1.807, 2.05) is 35.2 Å². The number of amides is 2. The summed E-state index contributed by atoms with van der Waals surface area (Å²) in [6.07, 6.45) is 1.46. The van der Waals surface area contributed by atoms with Crippen LogP contribution in [0.25, 0.3) is 11.1 Å². The molecule has 1 aliphatic heterocycles. The molecule has 1 atom stereocenters. The molecule has 0 radical (unpaired) electrons. The lowest BCUT2D eigenvalue weighted by molar-refractivity contribution is -0.134. The number of carbonyl (C=O) groups is 2. The molecular formula is C27H31N3O3. The molecule has 1 saturated heterocycles. The van der Waals surface area contributed by atoms with Crippen molar-refractivity contribution in [2.75, 3.05) is 26.2 Å². The summed E-state index contributed by atoms with van der Waals surface area (Å²) < 4.78 is 5.23. The molecule has 6 heteroatoms. The van der Waals surface area contributed by atoms with E-state index in [2.05, 4.69) is 36.3 Å². The van der Waals surface area contributed by atoms with Gasteiger partial charge < -0.3 is 14.3 Å². The van der Waals surface area contributed by atoms with Crippen molar-refractivity contribution < 1.29 is 14.1 Å². The van der Waals surface area contributed by atoms with Crippen molar-refractivity contribution in [2.24, 2.45) is 5.92 Å². The van der Waals surface area contributed by atoms with Gasteiger partial charge in [-0.3, -0.25) is 9.59 Å². The number of aryl methyl sites for hydroxylation is 2. The SMILES string of the molecule is CCCN1CCN(C(=O)c2c(C)noc2C)C[C@@H](Cc2ccccc2-c2ccccc2)C1=O. The first-order valence-corrected chi connectivity index (χ1v) is 11.6. The second-order valence-electron chi connectivity index (χ2n) is 8.70. The van der Waals surface area contributed by atoms with Crippen LogP contribution in [0.4, 0.5) is 0 Å². The molecule has 1 aliphatic rings. The fourth-order valence-corrected chi connectivity index (χ4v) is 4.68. The Bertz CT molecular complexity index is 1100. The molecule has 1 fully saturated rings. The molecule has 2 amide bonds. The summed E-state index contributed by atoms with van der Waals surface area (Å²) in [5.74, 6) is 0.213. The molecule has 4 rings (SSSR count). The van der Waals surface area contributed by atoms with Gasteiger partial charge in [0, 0.05) is 26.2 Å². The normalized spacial score (nSPS) is 16.7. The number of hydrogen-bond acceptors (Lipinski definition) is 4. The van der Waals surface area contributed by atoms with Crippen LogP contribution in [0.5, 0.6) is 0 Å². The van der Waals surface area contributed by atoms with Crippen LogP contribution < -0.4 is 0 Å². The Kier molecular flexibility index (Phi) is 6.92. The highest BCUT2D eigenvalue weighted by Crippen LogP contribution is 2.28. The second kappa shape index (κ2) is 10.0. The van der Waals surface area contributed by atoms with E-state index in [-0.39, 0.29) is 17.7 Å². The predicted molar refractivity (Wildman–Crippen MR) is 128 cm³/mol. The van der Waals surface area contributed by atoms with Crippen LogP contribution in [-0.2, 0) is 11.2 Å². The molecule has 2 aromatic carbocycles. The third-order valence-corrected chi connectivity index (χ3v) is 6.34. The minimum absolute atomic E-state index is 0.112. The summed E-state index contributed by atoms with van der Waals surface area (Å²) in [5, 5.41) is 3.95. The zero-order valence-corrected chi connectivity index (χ0v) is 19.6. The molecule has 0 unspecified atom stereocenters. The highest BCUT2D eigenvalue weighted by atomic mass is 16.5. The van der Waals surface area contributed by atoms with Crippen molar-refractivity contribution >= 4 is 11.8 Å². The maximum Gasteiger partial charge on any atom is 0.259 e. The van der Waals surface area contributed by atoms with Crippen molar-refractivity contribution in [3.8, 4) is 11.1 Å². The number of aromatic nitrogens is 1. The van der Waals surface area contributed by atoms with Crippen molar-refractivity contribution in [3.05, 3.63) is 77.2 Å². The minimum atomic E-state index is -0.312. The highest BCUT2D eigenvalue weighted by molar-refractivity contribution is 5.96. The summed E-state index contributed by atoms with van der Waals surface area (Å²) in [5.41, 5.74) is 4.47. The number of rotatable bonds is 6. The van der Waals surface area contributed by atoms with Crippen LogP contribution in [0.2, 0.25) is 0 Å². The monoisotopic (exact) mass is 445 g/mol. The van der Waals surface area contributed by atoms with Crippen LogP contribution in [0.1, 0.15) is 40.7 Å². The molecule has 172 valence electrons. The van der Waals surface area contributed by atoms with Crippen molar-refractivity contribution in [3.63, 3.8) is 0 Å². The summed E-state index contributed by atoms with van der Waals surface area (Å²) in [6.45, 7) is 7.74. The smallest absolute Gasteiger partial charge is 0.259 e. The van der Waals surface area contributed by atoms with Crippen LogP contribution in [0.15, 0.2) is 59.1 Å². The second-order valence-corrected chi connectivity index (χ2v) is 8.70. The lowest BCUT2D eigenvalue weighted by atomic mass is 9.91. The molecule has 0 saturated carbocycles. The van der Waals surface area contributed by atoms with Gasteiger partial charge in [0.15, 0.2) is 0 Å². The van der Waals surface area contributed by atoms with E-state index < -0.39 is 0 Å². The molecule has 0 aliphatic carbocycles. The topological polar surface area (TPSA) is 66.7 Å². The molecule has 2 heterocycles. The van der Waals surface area contributed by atoms with Gasteiger partial charge in [0.05, 0.1) is 11.6 Å². The van der Waals surface area contributed by atoms with E-state index in [1.54, 1.807) is 18.7 Å². The maximum atomic E-state index is 13.5. The Morgan fingerprint density at radius 2 is 1.79 bits per heavy atom. The van der Waals surface area contributed by atoms with Crippen LogP contribution >= 0.6 is 0 Å². The number of nitrogens with zero attached hydrogens (tertiary/aromatic N) is 3. The van der Waals surface area contributed by atoms with E-state index in [9.17, 15) is 9.59 Å². The first-order chi connectivity index (χ1) is 16.0. The molecule has 33 heavy (non-hydrogen) atoms. The predicted octanol–water partition coefficient (Wildman–Crippen LogP) is 4.51. The van der Waals surface area contributed by atoms with E-state index in [0.717, 1.165) is 23.1 Å². The minimum Gasteiger partial charge on any atom is -0.361 e. The summed E-state index contributed by atoms with van der Waals surface area (Å²) in [4.78, 5) is 30.7. The first-order valence-electron chi connectivity index (χ1n) is 11.6. The molecule has 3 aromatic rings. The van der Waals surface area contributed by atoms with E-state index in [1.165, 1.54) is 0 Å². The lowest BCUT2D eigenvalue weighted by Gasteiger charge is -2.24. The Balaban J connectivity index is 1.65. The van der Waals surface area contributed by atoms with E-state index >= 15 is 0 Å². The zero-order valence-electron chi connectivity index (χ0n) is 19.6. The maximum absolute atomic E-state index is 13.5. The third-order valence-electron chi connectivity index (χ3n) is 6.34. The molecule has 0 bridgehead atoms. The summed E-state index contributed by atoms with van der Waals surface area (Å²) >= 11 is 0. The molecule has 0 N–H and O–H groups in total. The van der Waals surface area contributed by atoms with Crippen molar-refractivity contribution in [1.82, 2.24) is 15.0 Å². The van der Waals surface area contributed by atoms with Gasteiger partial charge in [-0.1, -0.05) is 66.7 Å². The first kappa shape index (κ1) is 22.8. The molecule has 0 spiro atoms. The Morgan fingerprint density at radius 3 is 2.48 bits per heavy atom.